The Hall–Kier alpha value is -2.65. The molecular weight excluding hydrogens is 356 g/mol. The fraction of sp³-hybridized carbons (Fsp3) is 0.294. The molecule has 1 aliphatic heterocycles. The fourth-order valence-electron chi connectivity index (χ4n) is 3.19. The van der Waals surface area contributed by atoms with Crippen molar-refractivity contribution in [1.29, 1.82) is 0 Å². The van der Waals surface area contributed by atoms with E-state index in [0.717, 1.165) is 17.3 Å². The second kappa shape index (κ2) is 6.26. The Bertz CT molecular complexity index is 1040. The van der Waals surface area contributed by atoms with Crippen molar-refractivity contribution in [3.63, 3.8) is 0 Å². The number of carbonyl (C=O) groups excluding carboxylic acids is 1. The zero-order chi connectivity index (χ0) is 18.3. The number of carbonyl (C=O) groups is 1. The van der Waals surface area contributed by atoms with Crippen molar-refractivity contribution in [2.75, 3.05) is 19.3 Å². The minimum Gasteiger partial charge on any atom is -0.451 e. The number of rotatable bonds is 4. The lowest BCUT2D eigenvalue weighted by Gasteiger charge is -2.34. The third kappa shape index (κ3) is 3.23. The van der Waals surface area contributed by atoms with Crippen LogP contribution in [0.4, 0.5) is 0 Å². The monoisotopic (exact) mass is 374 g/mol. The average molecular weight is 374 g/mol. The first-order chi connectivity index (χ1) is 12.4. The molecule has 0 saturated heterocycles. The molecule has 2 aromatic heterocycles. The molecule has 1 aliphatic rings. The largest absolute Gasteiger partial charge is 0.451 e. The summed E-state index contributed by atoms with van der Waals surface area (Å²) in [7, 11) is -3.32. The summed E-state index contributed by atoms with van der Waals surface area (Å²) < 4.78 is 32.9. The number of para-hydroxylation sites is 1. The second-order valence-corrected chi connectivity index (χ2v) is 8.23. The van der Waals surface area contributed by atoms with Crippen LogP contribution in [-0.4, -0.2) is 48.1 Å². The van der Waals surface area contributed by atoms with Gasteiger partial charge in [0, 0.05) is 24.7 Å². The molecule has 0 fully saturated rings. The van der Waals surface area contributed by atoms with E-state index in [4.69, 9.17) is 4.42 Å². The van der Waals surface area contributed by atoms with Gasteiger partial charge in [-0.25, -0.2) is 18.1 Å². The third-order valence-corrected chi connectivity index (χ3v) is 5.12. The first-order valence-electron chi connectivity index (χ1n) is 8.14. The molecule has 3 aromatic rings. The number of sulfonamides is 1. The van der Waals surface area contributed by atoms with E-state index in [0.29, 0.717) is 18.7 Å². The van der Waals surface area contributed by atoms with E-state index in [2.05, 4.69) is 9.71 Å². The summed E-state index contributed by atoms with van der Waals surface area (Å²) >= 11 is 0. The van der Waals surface area contributed by atoms with Gasteiger partial charge in [0.15, 0.2) is 5.76 Å². The third-order valence-electron chi connectivity index (χ3n) is 4.43. The number of amides is 1. The maximum atomic E-state index is 12.9. The molecular formula is C17H18N4O4S. The Kier molecular flexibility index (Phi) is 4.04. The van der Waals surface area contributed by atoms with Crippen molar-refractivity contribution in [3.05, 3.63) is 54.3 Å². The molecule has 0 bridgehead atoms. The average Bonchev–Trinajstić information content (AvgIpc) is 3.24. The molecule has 1 aromatic carbocycles. The van der Waals surface area contributed by atoms with Crippen molar-refractivity contribution in [3.8, 4) is 0 Å². The lowest BCUT2D eigenvalue weighted by molar-refractivity contribution is 0.0650. The SMILES string of the molecule is CS(=O)(=O)NCC1CN(C(=O)c2cc3ccccc3o2)Cc2cncn21. The zero-order valence-corrected chi connectivity index (χ0v) is 14.9. The van der Waals surface area contributed by atoms with Crippen LogP contribution in [0, 0.1) is 0 Å². The lowest BCUT2D eigenvalue weighted by Crippen LogP contribution is -2.44. The molecule has 1 N–H and O–H groups in total. The molecule has 0 saturated carbocycles. The molecule has 0 radical (unpaired) electrons. The van der Waals surface area contributed by atoms with Gasteiger partial charge in [-0.3, -0.25) is 4.79 Å². The molecule has 0 spiro atoms. The van der Waals surface area contributed by atoms with Crippen molar-refractivity contribution in [2.24, 2.45) is 0 Å². The maximum Gasteiger partial charge on any atom is 0.290 e. The van der Waals surface area contributed by atoms with Crippen LogP contribution in [0.3, 0.4) is 0 Å². The van der Waals surface area contributed by atoms with E-state index >= 15 is 0 Å². The van der Waals surface area contributed by atoms with Gasteiger partial charge in [-0.15, -0.1) is 0 Å². The van der Waals surface area contributed by atoms with E-state index in [1.54, 1.807) is 23.5 Å². The number of imidazole rings is 1. The van der Waals surface area contributed by atoms with Crippen LogP contribution < -0.4 is 4.72 Å². The van der Waals surface area contributed by atoms with Crippen molar-refractivity contribution >= 4 is 26.9 Å². The van der Waals surface area contributed by atoms with Crippen molar-refractivity contribution in [2.45, 2.75) is 12.6 Å². The standard InChI is InChI=1S/C17H18N4O4S/c1-26(23,24)19-8-14-10-20(9-13-7-18-11-21(13)14)17(22)16-6-12-4-2-3-5-15(12)25-16/h2-7,11,14,19H,8-10H2,1H3. The number of hydrogen-bond donors (Lipinski definition) is 1. The van der Waals surface area contributed by atoms with E-state index in [-0.39, 0.29) is 24.3 Å². The first kappa shape index (κ1) is 16.8. The number of nitrogens with zero attached hydrogens (tertiary/aromatic N) is 3. The molecule has 1 atom stereocenters. The summed E-state index contributed by atoms with van der Waals surface area (Å²) in [6.45, 7) is 0.944. The number of furan rings is 1. The van der Waals surface area contributed by atoms with E-state index in [1.165, 1.54) is 0 Å². The molecule has 8 nitrogen and oxygen atoms in total. The van der Waals surface area contributed by atoms with Crippen LogP contribution >= 0.6 is 0 Å². The summed E-state index contributed by atoms with van der Waals surface area (Å²) in [5.74, 6) is 0.0481. The van der Waals surface area contributed by atoms with Crippen molar-refractivity contribution in [1.82, 2.24) is 19.2 Å². The van der Waals surface area contributed by atoms with Gasteiger partial charge in [-0.1, -0.05) is 18.2 Å². The van der Waals surface area contributed by atoms with Gasteiger partial charge in [-0.2, -0.15) is 0 Å². The molecule has 4 rings (SSSR count). The second-order valence-electron chi connectivity index (χ2n) is 6.40. The van der Waals surface area contributed by atoms with E-state index in [1.807, 2.05) is 28.8 Å². The molecule has 9 heteroatoms. The zero-order valence-electron chi connectivity index (χ0n) is 14.1. The highest BCUT2D eigenvalue weighted by Gasteiger charge is 2.30. The number of fused-ring (bicyclic) bond motifs is 2. The van der Waals surface area contributed by atoms with Crippen LogP contribution in [0.5, 0.6) is 0 Å². The molecule has 1 amide bonds. The highest BCUT2D eigenvalue weighted by Crippen LogP contribution is 2.25. The Balaban J connectivity index is 1.59. The van der Waals surface area contributed by atoms with Crippen LogP contribution in [-0.2, 0) is 16.6 Å². The minimum atomic E-state index is -3.32. The van der Waals surface area contributed by atoms with Gasteiger partial charge >= 0.3 is 0 Å². The van der Waals surface area contributed by atoms with Gasteiger partial charge in [0.2, 0.25) is 10.0 Å². The van der Waals surface area contributed by atoms with E-state index in [9.17, 15) is 13.2 Å². The van der Waals surface area contributed by atoms with Gasteiger partial charge < -0.3 is 13.9 Å². The van der Waals surface area contributed by atoms with Gasteiger partial charge in [-0.05, 0) is 12.1 Å². The number of benzene rings is 1. The first-order valence-corrected chi connectivity index (χ1v) is 10.0. The van der Waals surface area contributed by atoms with Crippen LogP contribution in [0.2, 0.25) is 0 Å². The predicted octanol–water partition coefficient (Wildman–Crippen LogP) is 1.38. The van der Waals surface area contributed by atoms with E-state index < -0.39 is 10.0 Å². The lowest BCUT2D eigenvalue weighted by atomic mass is 10.1. The minimum absolute atomic E-state index is 0.187. The molecule has 1 unspecified atom stereocenters. The summed E-state index contributed by atoms with van der Waals surface area (Å²) in [5.41, 5.74) is 1.51. The Morgan fingerprint density at radius 3 is 2.96 bits per heavy atom. The van der Waals surface area contributed by atoms with Gasteiger partial charge in [0.25, 0.3) is 5.91 Å². The quantitative estimate of drug-likeness (QED) is 0.744. The molecule has 3 heterocycles. The number of hydrogen-bond acceptors (Lipinski definition) is 5. The fourth-order valence-corrected chi connectivity index (χ4v) is 3.69. The van der Waals surface area contributed by atoms with Gasteiger partial charge in [0.05, 0.1) is 30.9 Å². The molecule has 136 valence electrons. The highest BCUT2D eigenvalue weighted by molar-refractivity contribution is 7.88. The summed E-state index contributed by atoms with van der Waals surface area (Å²) in [5, 5.41) is 0.869. The smallest absolute Gasteiger partial charge is 0.290 e. The van der Waals surface area contributed by atoms with Crippen LogP contribution in [0.1, 0.15) is 22.3 Å². The number of nitrogens with one attached hydrogen (secondary N) is 1. The van der Waals surface area contributed by atoms with Crippen LogP contribution in [0.25, 0.3) is 11.0 Å². The Morgan fingerprint density at radius 2 is 2.19 bits per heavy atom. The van der Waals surface area contributed by atoms with Crippen molar-refractivity contribution < 1.29 is 17.6 Å². The predicted molar refractivity (Wildman–Crippen MR) is 95.1 cm³/mol. The van der Waals surface area contributed by atoms with Crippen LogP contribution in [0.15, 0.2) is 47.3 Å². The topological polar surface area (TPSA) is 97.4 Å². The summed E-state index contributed by atoms with van der Waals surface area (Å²) in [6.07, 6.45) is 4.46. The Labute approximate surface area is 150 Å². The molecule has 26 heavy (non-hydrogen) atoms. The summed E-state index contributed by atoms with van der Waals surface area (Å²) in [6, 6.07) is 8.94. The normalized spacial score (nSPS) is 17.4. The maximum absolute atomic E-state index is 12.9. The molecule has 0 aliphatic carbocycles. The van der Waals surface area contributed by atoms with Gasteiger partial charge in [0.1, 0.15) is 5.58 Å². The Morgan fingerprint density at radius 1 is 1.38 bits per heavy atom. The summed E-state index contributed by atoms with van der Waals surface area (Å²) in [4.78, 5) is 18.7. The number of aromatic nitrogens is 2. The highest BCUT2D eigenvalue weighted by atomic mass is 32.2.